The third-order valence-electron chi connectivity index (χ3n) is 1.70. The molecule has 0 radical (unpaired) electrons. The Kier molecular flexibility index (Phi) is 2.25. The summed E-state index contributed by atoms with van der Waals surface area (Å²) >= 11 is 11.8. The van der Waals surface area contributed by atoms with Gasteiger partial charge in [-0.3, -0.25) is 0 Å². The highest BCUT2D eigenvalue weighted by Gasteiger charge is 2.05. The average molecular weight is 213 g/mol. The number of nitrogens with zero attached hydrogens (tertiary/aromatic N) is 1. The van der Waals surface area contributed by atoms with E-state index in [0.29, 0.717) is 10.0 Å². The molecule has 0 saturated heterocycles. The van der Waals surface area contributed by atoms with Gasteiger partial charge in [-0.1, -0.05) is 23.2 Å². The summed E-state index contributed by atoms with van der Waals surface area (Å²) in [6, 6.07) is 5.30. The SMILES string of the molecule is Clc1ccc(Cl)c(-c2c[nH]cn2)c1. The predicted molar refractivity (Wildman–Crippen MR) is 54.0 cm³/mol. The van der Waals surface area contributed by atoms with Crippen LogP contribution in [0, 0.1) is 0 Å². The number of nitrogens with one attached hydrogen (secondary N) is 1. The first-order valence-electron chi connectivity index (χ1n) is 3.71. The van der Waals surface area contributed by atoms with Crippen LogP contribution < -0.4 is 0 Å². The third kappa shape index (κ3) is 1.69. The van der Waals surface area contributed by atoms with E-state index in [1.807, 2.05) is 0 Å². The Morgan fingerprint density at radius 3 is 2.77 bits per heavy atom. The molecule has 0 bridgehead atoms. The highest BCUT2D eigenvalue weighted by Crippen LogP contribution is 2.28. The van der Waals surface area contributed by atoms with Crippen LogP contribution >= 0.6 is 23.2 Å². The number of hydrogen-bond donors (Lipinski definition) is 1. The molecule has 0 unspecified atom stereocenters. The minimum Gasteiger partial charge on any atom is -0.351 e. The number of hydrogen-bond acceptors (Lipinski definition) is 1. The monoisotopic (exact) mass is 212 g/mol. The lowest BCUT2D eigenvalue weighted by Gasteiger charge is -2.00. The van der Waals surface area contributed by atoms with Crippen molar-refractivity contribution in [1.82, 2.24) is 9.97 Å². The van der Waals surface area contributed by atoms with E-state index in [9.17, 15) is 0 Å². The molecule has 0 saturated carbocycles. The van der Waals surface area contributed by atoms with Gasteiger partial charge >= 0.3 is 0 Å². The summed E-state index contributed by atoms with van der Waals surface area (Å²) in [7, 11) is 0. The topological polar surface area (TPSA) is 28.7 Å². The van der Waals surface area contributed by atoms with E-state index in [2.05, 4.69) is 9.97 Å². The van der Waals surface area contributed by atoms with Gasteiger partial charge in [-0.2, -0.15) is 0 Å². The van der Waals surface area contributed by atoms with Gasteiger partial charge in [0.15, 0.2) is 0 Å². The second kappa shape index (κ2) is 3.40. The normalized spacial score (nSPS) is 10.3. The van der Waals surface area contributed by atoms with E-state index in [1.165, 1.54) is 0 Å². The van der Waals surface area contributed by atoms with Gasteiger partial charge in [-0.05, 0) is 18.2 Å². The molecule has 0 atom stereocenters. The summed E-state index contributed by atoms with van der Waals surface area (Å²) < 4.78 is 0. The van der Waals surface area contributed by atoms with Gasteiger partial charge in [-0.25, -0.2) is 4.98 Å². The minimum atomic E-state index is 0.650. The van der Waals surface area contributed by atoms with Crippen molar-refractivity contribution in [2.75, 3.05) is 0 Å². The molecule has 2 nitrogen and oxygen atoms in total. The first-order valence-corrected chi connectivity index (χ1v) is 4.47. The van der Waals surface area contributed by atoms with Gasteiger partial charge in [0.1, 0.15) is 0 Å². The van der Waals surface area contributed by atoms with Crippen molar-refractivity contribution in [1.29, 1.82) is 0 Å². The predicted octanol–water partition coefficient (Wildman–Crippen LogP) is 3.38. The Balaban J connectivity index is 2.57. The summed E-state index contributed by atoms with van der Waals surface area (Å²) in [6.07, 6.45) is 3.38. The van der Waals surface area contributed by atoms with Crippen molar-refractivity contribution in [2.45, 2.75) is 0 Å². The zero-order valence-electron chi connectivity index (χ0n) is 6.59. The molecule has 1 aromatic heterocycles. The van der Waals surface area contributed by atoms with Crippen LogP contribution in [0.15, 0.2) is 30.7 Å². The average Bonchev–Trinajstić information content (AvgIpc) is 2.61. The van der Waals surface area contributed by atoms with Crippen molar-refractivity contribution in [3.8, 4) is 11.3 Å². The molecule has 0 spiro atoms. The van der Waals surface area contributed by atoms with Crippen molar-refractivity contribution >= 4 is 23.2 Å². The maximum absolute atomic E-state index is 5.98. The van der Waals surface area contributed by atoms with E-state index in [0.717, 1.165) is 11.3 Å². The number of aromatic amines is 1. The lowest BCUT2D eigenvalue weighted by molar-refractivity contribution is 1.31. The number of imidazole rings is 1. The van der Waals surface area contributed by atoms with Gasteiger partial charge in [0, 0.05) is 16.8 Å². The third-order valence-corrected chi connectivity index (χ3v) is 2.27. The second-order valence-electron chi connectivity index (χ2n) is 2.58. The summed E-state index contributed by atoms with van der Waals surface area (Å²) in [5, 5.41) is 1.30. The Hall–Kier alpha value is -0.990. The fourth-order valence-corrected chi connectivity index (χ4v) is 1.49. The minimum absolute atomic E-state index is 0.650. The maximum atomic E-state index is 5.98. The second-order valence-corrected chi connectivity index (χ2v) is 3.42. The van der Waals surface area contributed by atoms with Crippen LogP contribution in [0.1, 0.15) is 0 Å². The number of halogens is 2. The number of H-pyrrole nitrogens is 1. The van der Waals surface area contributed by atoms with Crippen LogP contribution in [-0.4, -0.2) is 9.97 Å². The van der Waals surface area contributed by atoms with Crippen molar-refractivity contribution in [2.24, 2.45) is 0 Å². The van der Waals surface area contributed by atoms with E-state index >= 15 is 0 Å². The molecule has 0 aliphatic rings. The molecule has 66 valence electrons. The Labute approximate surface area is 85.5 Å². The zero-order chi connectivity index (χ0) is 9.26. The van der Waals surface area contributed by atoms with Crippen molar-refractivity contribution in [3.63, 3.8) is 0 Å². The molecule has 1 N–H and O–H groups in total. The van der Waals surface area contributed by atoms with Crippen molar-refractivity contribution < 1.29 is 0 Å². The van der Waals surface area contributed by atoms with Gasteiger partial charge in [0.2, 0.25) is 0 Å². The Morgan fingerprint density at radius 1 is 1.23 bits per heavy atom. The highest BCUT2D eigenvalue weighted by molar-refractivity contribution is 6.35. The van der Waals surface area contributed by atoms with E-state index in [1.54, 1.807) is 30.7 Å². The lowest BCUT2D eigenvalue weighted by Crippen LogP contribution is -1.78. The van der Waals surface area contributed by atoms with Crippen LogP contribution in [0.25, 0.3) is 11.3 Å². The summed E-state index contributed by atoms with van der Waals surface area (Å²) in [5.41, 5.74) is 1.64. The first kappa shape index (κ1) is 8.60. The quantitative estimate of drug-likeness (QED) is 0.772. The van der Waals surface area contributed by atoms with Crippen LogP contribution in [0.5, 0.6) is 0 Å². The maximum Gasteiger partial charge on any atom is 0.0927 e. The molecule has 1 heterocycles. The fourth-order valence-electron chi connectivity index (χ4n) is 1.10. The molecule has 13 heavy (non-hydrogen) atoms. The largest absolute Gasteiger partial charge is 0.351 e. The number of benzene rings is 1. The fraction of sp³-hybridized carbons (Fsp3) is 0. The molecule has 1 aromatic carbocycles. The first-order chi connectivity index (χ1) is 6.27. The molecule has 0 amide bonds. The molecule has 2 rings (SSSR count). The Morgan fingerprint density at radius 2 is 2.08 bits per heavy atom. The van der Waals surface area contributed by atoms with Gasteiger partial charge in [0.05, 0.1) is 17.0 Å². The molecule has 2 aromatic rings. The summed E-state index contributed by atoms with van der Waals surface area (Å²) in [5.74, 6) is 0. The molecular weight excluding hydrogens is 207 g/mol. The smallest absolute Gasteiger partial charge is 0.0927 e. The van der Waals surface area contributed by atoms with Crippen LogP contribution in [0.3, 0.4) is 0 Å². The van der Waals surface area contributed by atoms with Crippen LogP contribution in [0.4, 0.5) is 0 Å². The summed E-state index contributed by atoms with van der Waals surface area (Å²) in [6.45, 7) is 0. The van der Waals surface area contributed by atoms with E-state index < -0.39 is 0 Å². The number of aromatic nitrogens is 2. The molecule has 0 fully saturated rings. The summed E-state index contributed by atoms with van der Waals surface area (Å²) in [4.78, 5) is 6.95. The van der Waals surface area contributed by atoms with Gasteiger partial charge < -0.3 is 4.98 Å². The molecule has 0 aliphatic heterocycles. The zero-order valence-corrected chi connectivity index (χ0v) is 8.10. The molecule has 0 aliphatic carbocycles. The van der Waals surface area contributed by atoms with Crippen LogP contribution in [0.2, 0.25) is 10.0 Å². The highest BCUT2D eigenvalue weighted by atomic mass is 35.5. The molecular formula is C9H6Cl2N2. The van der Waals surface area contributed by atoms with E-state index in [4.69, 9.17) is 23.2 Å². The van der Waals surface area contributed by atoms with Crippen molar-refractivity contribution in [3.05, 3.63) is 40.8 Å². The molecule has 4 heteroatoms. The Bertz CT molecular complexity index is 410. The van der Waals surface area contributed by atoms with Gasteiger partial charge in [-0.15, -0.1) is 0 Å². The van der Waals surface area contributed by atoms with Crippen LogP contribution in [-0.2, 0) is 0 Å². The van der Waals surface area contributed by atoms with E-state index in [-0.39, 0.29) is 0 Å². The lowest BCUT2D eigenvalue weighted by atomic mass is 10.2. The standard InChI is InChI=1S/C9H6Cl2N2/c10-6-1-2-8(11)7(3-6)9-4-12-5-13-9/h1-5H,(H,12,13). The van der Waals surface area contributed by atoms with Gasteiger partial charge in [0.25, 0.3) is 0 Å². The number of rotatable bonds is 1.